The van der Waals surface area contributed by atoms with E-state index in [1.165, 1.54) is 0 Å². The van der Waals surface area contributed by atoms with Gasteiger partial charge in [-0.15, -0.1) is 0 Å². The largest absolute Gasteiger partial charge is 0.478 e. The van der Waals surface area contributed by atoms with Crippen LogP contribution in [0.15, 0.2) is 23.1 Å². The Labute approximate surface area is 122 Å². The van der Waals surface area contributed by atoms with E-state index in [1.54, 1.807) is 13.8 Å². The number of sulfonamides is 1. The molecular formula is C13H16FNO5S. The van der Waals surface area contributed by atoms with Gasteiger partial charge in [-0.1, -0.05) is 0 Å². The third kappa shape index (κ3) is 3.22. The number of morpholine rings is 1. The van der Waals surface area contributed by atoms with Crippen molar-refractivity contribution in [1.82, 2.24) is 4.31 Å². The number of halogens is 1. The molecule has 21 heavy (non-hydrogen) atoms. The van der Waals surface area contributed by atoms with Gasteiger partial charge >= 0.3 is 5.97 Å². The predicted octanol–water partition coefficient (Wildman–Crippen LogP) is 1.32. The van der Waals surface area contributed by atoms with E-state index in [1.807, 2.05) is 0 Å². The summed E-state index contributed by atoms with van der Waals surface area (Å²) in [5.41, 5.74) is -0.441. The van der Waals surface area contributed by atoms with Crippen LogP contribution in [-0.4, -0.2) is 49.1 Å². The van der Waals surface area contributed by atoms with Crippen LogP contribution >= 0.6 is 0 Å². The fourth-order valence-corrected chi connectivity index (χ4v) is 4.14. The molecule has 0 spiro atoms. The molecule has 1 aromatic carbocycles. The molecule has 1 aliphatic heterocycles. The molecule has 0 bridgehead atoms. The molecule has 0 aliphatic carbocycles. The van der Waals surface area contributed by atoms with Crippen LogP contribution in [0, 0.1) is 5.82 Å². The number of aromatic carboxylic acids is 1. The van der Waals surface area contributed by atoms with Gasteiger partial charge in [-0.3, -0.25) is 0 Å². The van der Waals surface area contributed by atoms with Crippen molar-refractivity contribution >= 4 is 16.0 Å². The standard InChI is InChI=1S/C13H16FNO5S/c1-8-6-15(7-9(2)20-8)21(18,19)12-5-10(14)3-4-11(12)13(16)17/h3-5,8-9H,6-7H2,1-2H3,(H,16,17)/t8-,9+. The molecule has 8 heteroatoms. The highest BCUT2D eigenvalue weighted by Crippen LogP contribution is 2.24. The van der Waals surface area contributed by atoms with E-state index in [2.05, 4.69) is 0 Å². The van der Waals surface area contributed by atoms with E-state index >= 15 is 0 Å². The molecular weight excluding hydrogens is 301 g/mol. The number of hydrogen-bond donors (Lipinski definition) is 1. The lowest BCUT2D eigenvalue weighted by atomic mass is 10.2. The first-order valence-corrected chi connectivity index (χ1v) is 7.84. The zero-order valence-electron chi connectivity index (χ0n) is 11.6. The highest BCUT2D eigenvalue weighted by molar-refractivity contribution is 7.89. The first-order valence-electron chi connectivity index (χ1n) is 6.40. The van der Waals surface area contributed by atoms with Crippen LogP contribution < -0.4 is 0 Å². The number of nitrogens with zero attached hydrogens (tertiary/aromatic N) is 1. The van der Waals surface area contributed by atoms with Crippen molar-refractivity contribution in [3.8, 4) is 0 Å². The summed E-state index contributed by atoms with van der Waals surface area (Å²) in [7, 11) is -4.09. The van der Waals surface area contributed by atoms with Crippen LogP contribution in [0.3, 0.4) is 0 Å². The quantitative estimate of drug-likeness (QED) is 0.909. The average molecular weight is 317 g/mol. The second-order valence-corrected chi connectivity index (χ2v) is 6.93. The third-order valence-electron chi connectivity index (χ3n) is 3.18. The van der Waals surface area contributed by atoms with Crippen LogP contribution in [0.5, 0.6) is 0 Å². The van der Waals surface area contributed by atoms with E-state index in [0.717, 1.165) is 22.5 Å². The van der Waals surface area contributed by atoms with Crippen molar-refractivity contribution in [3.63, 3.8) is 0 Å². The van der Waals surface area contributed by atoms with Gasteiger partial charge in [-0.05, 0) is 32.0 Å². The number of carbonyl (C=O) groups is 1. The molecule has 1 aliphatic rings. The van der Waals surface area contributed by atoms with Crippen molar-refractivity contribution < 1.29 is 27.4 Å². The lowest BCUT2D eigenvalue weighted by Crippen LogP contribution is -2.48. The molecule has 0 radical (unpaired) electrons. The first-order chi connectivity index (χ1) is 9.71. The number of benzene rings is 1. The zero-order chi connectivity index (χ0) is 15.8. The summed E-state index contributed by atoms with van der Waals surface area (Å²) >= 11 is 0. The molecule has 6 nitrogen and oxygen atoms in total. The van der Waals surface area contributed by atoms with Crippen LogP contribution in [-0.2, 0) is 14.8 Å². The van der Waals surface area contributed by atoms with E-state index in [-0.39, 0.29) is 25.3 Å². The second-order valence-electron chi connectivity index (χ2n) is 5.02. The van der Waals surface area contributed by atoms with Crippen molar-refractivity contribution in [2.45, 2.75) is 31.0 Å². The average Bonchev–Trinajstić information content (AvgIpc) is 2.37. The molecule has 1 saturated heterocycles. The summed E-state index contributed by atoms with van der Waals surface area (Å²) in [6, 6.07) is 2.62. The van der Waals surface area contributed by atoms with Gasteiger partial charge in [0, 0.05) is 13.1 Å². The molecule has 0 aromatic heterocycles. The fourth-order valence-electron chi connectivity index (χ4n) is 2.35. The Morgan fingerprint density at radius 2 is 1.90 bits per heavy atom. The van der Waals surface area contributed by atoms with Crippen molar-refractivity contribution in [3.05, 3.63) is 29.6 Å². The van der Waals surface area contributed by atoms with Crippen LogP contribution in [0.1, 0.15) is 24.2 Å². The Bertz CT molecular complexity index is 651. The molecule has 1 aromatic rings. The van der Waals surface area contributed by atoms with Gasteiger partial charge in [0.15, 0.2) is 0 Å². The maximum atomic E-state index is 13.4. The number of hydrogen-bond acceptors (Lipinski definition) is 4. The smallest absolute Gasteiger partial charge is 0.337 e. The third-order valence-corrected chi connectivity index (χ3v) is 5.05. The minimum absolute atomic E-state index is 0.0995. The van der Waals surface area contributed by atoms with Gasteiger partial charge in [-0.25, -0.2) is 17.6 Å². The molecule has 0 saturated carbocycles. The van der Waals surface area contributed by atoms with Gasteiger partial charge in [0.25, 0.3) is 0 Å². The summed E-state index contributed by atoms with van der Waals surface area (Å²) in [6.07, 6.45) is -0.629. The first kappa shape index (κ1) is 15.9. The Kier molecular flexibility index (Phi) is 4.31. The maximum Gasteiger partial charge on any atom is 0.337 e. The molecule has 1 N–H and O–H groups in total. The van der Waals surface area contributed by atoms with E-state index in [9.17, 15) is 17.6 Å². The Balaban J connectivity index is 2.49. The number of carboxylic acids is 1. The fraction of sp³-hybridized carbons (Fsp3) is 0.462. The van der Waals surface area contributed by atoms with Crippen molar-refractivity contribution in [2.24, 2.45) is 0 Å². The molecule has 0 amide bonds. The summed E-state index contributed by atoms with van der Waals surface area (Å²) in [6.45, 7) is 3.65. The molecule has 116 valence electrons. The van der Waals surface area contributed by atoms with Crippen LogP contribution in [0.25, 0.3) is 0 Å². The maximum absolute atomic E-state index is 13.4. The lowest BCUT2D eigenvalue weighted by molar-refractivity contribution is -0.0440. The summed E-state index contributed by atoms with van der Waals surface area (Å²) < 4.78 is 45.1. The predicted molar refractivity (Wildman–Crippen MR) is 72.1 cm³/mol. The van der Waals surface area contributed by atoms with E-state index in [4.69, 9.17) is 9.84 Å². The van der Waals surface area contributed by atoms with E-state index in [0.29, 0.717) is 0 Å². The SMILES string of the molecule is C[C@@H]1CN(S(=O)(=O)c2cc(F)ccc2C(=O)O)C[C@H](C)O1. The molecule has 1 fully saturated rings. The number of ether oxygens (including phenoxy) is 1. The minimum atomic E-state index is -4.09. The van der Waals surface area contributed by atoms with Crippen LogP contribution in [0.4, 0.5) is 4.39 Å². The zero-order valence-corrected chi connectivity index (χ0v) is 12.4. The minimum Gasteiger partial charge on any atom is -0.478 e. The highest BCUT2D eigenvalue weighted by Gasteiger charge is 2.34. The number of carboxylic acid groups (broad SMARTS) is 1. The monoisotopic (exact) mass is 317 g/mol. The summed E-state index contributed by atoms with van der Waals surface area (Å²) in [5.74, 6) is -2.21. The van der Waals surface area contributed by atoms with E-state index < -0.39 is 32.3 Å². The van der Waals surface area contributed by atoms with Crippen molar-refractivity contribution in [2.75, 3.05) is 13.1 Å². The Morgan fingerprint density at radius 1 is 1.33 bits per heavy atom. The van der Waals surface area contributed by atoms with Gasteiger partial charge < -0.3 is 9.84 Å². The topological polar surface area (TPSA) is 83.9 Å². The Hall–Kier alpha value is -1.51. The second kappa shape index (κ2) is 5.70. The molecule has 2 rings (SSSR count). The van der Waals surface area contributed by atoms with Gasteiger partial charge in [0.1, 0.15) is 5.82 Å². The van der Waals surface area contributed by atoms with Gasteiger partial charge in [0.05, 0.1) is 22.7 Å². The van der Waals surface area contributed by atoms with Gasteiger partial charge in [-0.2, -0.15) is 4.31 Å². The lowest BCUT2D eigenvalue weighted by Gasteiger charge is -2.34. The highest BCUT2D eigenvalue weighted by atomic mass is 32.2. The molecule has 0 unspecified atom stereocenters. The Morgan fingerprint density at radius 3 is 2.43 bits per heavy atom. The normalized spacial score (nSPS) is 24.0. The molecule has 2 atom stereocenters. The van der Waals surface area contributed by atoms with Gasteiger partial charge in [0.2, 0.25) is 10.0 Å². The van der Waals surface area contributed by atoms with Crippen LogP contribution in [0.2, 0.25) is 0 Å². The summed E-state index contributed by atoms with van der Waals surface area (Å²) in [5, 5.41) is 9.09. The molecule has 1 heterocycles. The number of rotatable bonds is 3. The summed E-state index contributed by atoms with van der Waals surface area (Å²) in [4.78, 5) is 10.6. The van der Waals surface area contributed by atoms with Crippen molar-refractivity contribution in [1.29, 1.82) is 0 Å².